The summed E-state index contributed by atoms with van der Waals surface area (Å²) in [5, 5.41) is 10.1. The number of halogens is 3. The number of hydrogen-bond donors (Lipinski definition) is 1. The van der Waals surface area contributed by atoms with Gasteiger partial charge in [-0.1, -0.05) is 29.3 Å². The van der Waals surface area contributed by atoms with Crippen molar-refractivity contribution in [3.8, 4) is 11.3 Å². The molecule has 0 bridgehead atoms. The molecule has 1 heterocycles. The Hall–Kier alpha value is -1.05. The molecule has 0 aliphatic carbocycles. The van der Waals surface area contributed by atoms with Gasteiger partial charge in [-0.2, -0.15) is 0 Å². The lowest BCUT2D eigenvalue weighted by molar-refractivity contribution is 0.0695. The highest BCUT2D eigenvalue weighted by Crippen LogP contribution is 2.30. The highest BCUT2D eigenvalue weighted by atomic mass is 127. The summed E-state index contributed by atoms with van der Waals surface area (Å²) >= 11 is 13.7. The second-order valence-electron chi connectivity index (χ2n) is 4.25. The molecular formula is C14H10Cl2INO3. The van der Waals surface area contributed by atoms with Crippen molar-refractivity contribution in [1.29, 1.82) is 0 Å². The molecule has 0 saturated carbocycles. The van der Waals surface area contributed by atoms with E-state index in [9.17, 15) is 14.7 Å². The van der Waals surface area contributed by atoms with Gasteiger partial charge in [0.05, 0.1) is 19.3 Å². The molecule has 7 heteroatoms. The molecule has 0 aliphatic rings. The molecule has 2 rings (SSSR count). The van der Waals surface area contributed by atoms with E-state index in [-0.39, 0.29) is 5.56 Å². The van der Waals surface area contributed by atoms with Crippen molar-refractivity contribution in [1.82, 2.24) is 4.57 Å². The maximum absolute atomic E-state index is 12.2. The fraction of sp³-hybridized carbons (Fsp3) is 0.143. The van der Waals surface area contributed by atoms with E-state index in [4.69, 9.17) is 23.2 Å². The van der Waals surface area contributed by atoms with E-state index < -0.39 is 11.4 Å². The lowest BCUT2D eigenvalue weighted by atomic mass is 10.0. The minimum atomic E-state index is -1.26. The number of aryl methyl sites for hydroxylation is 1. The highest BCUT2D eigenvalue weighted by molar-refractivity contribution is 14.1. The Kier molecular flexibility index (Phi) is 4.95. The first kappa shape index (κ1) is 16.3. The van der Waals surface area contributed by atoms with E-state index in [0.29, 0.717) is 31.4 Å². The molecule has 0 spiro atoms. The summed E-state index contributed by atoms with van der Waals surface area (Å²) in [6.07, 6.45) is 1.63. The zero-order valence-corrected chi connectivity index (χ0v) is 14.5. The summed E-state index contributed by atoms with van der Waals surface area (Å²) in [5.41, 5.74) is 0.0992. The maximum Gasteiger partial charge on any atom is 0.341 e. The maximum atomic E-state index is 12.2. The number of aromatic carboxylic acids is 1. The van der Waals surface area contributed by atoms with Crippen LogP contribution in [0.3, 0.4) is 0 Å². The van der Waals surface area contributed by atoms with Crippen LogP contribution in [0.5, 0.6) is 0 Å². The van der Waals surface area contributed by atoms with Crippen molar-refractivity contribution < 1.29 is 9.90 Å². The van der Waals surface area contributed by atoms with Gasteiger partial charge in [0.1, 0.15) is 5.56 Å². The predicted molar refractivity (Wildman–Crippen MR) is 91.5 cm³/mol. The van der Waals surface area contributed by atoms with Gasteiger partial charge in [0.25, 0.3) is 0 Å². The van der Waals surface area contributed by atoms with Gasteiger partial charge in [-0.3, -0.25) is 4.79 Å². The molecule has 0 saturated heterocycles. The summed E-state index contributed by atoms with van der Waals surface area (Å²) in [6.45, 7) is 2.39. The van der Waals surface area contributed by atoms with Crippen LogP contribution in [-0.2, 0) is 6.54 Å². The van der Waals surface area contributed by atoms with Crippen LogP contribution in [-0.4, -0.2) is 15.6 Å². The van der Waals surface area contributed by atoms with Crippen LogP contribution in [0.1, 0.15) is 17.3 Å². The predicted octanol–water partition coefficient (Wildman–Crippen LogP) is 4.14. The van der Waals surface area contributed by atoms with Crippen molar-refractivity contribution in [2.75, 3.05) is 0 Å². The average molecular weight is 438 g/mol. The molecule has 2 aromatic rings. The van der Waals surface area contributed by atoms with E-state index in [1.165, 1.54) is 0 Å². The van der Waals surface area contributed by atoms with Gasteiger partial charge in [-0.25, -0.2) is 4.79 Å². The molecule has 0 aliphatic heterocycles. The zero-order chi connectivity index (χ0) is 15.7. The van der Waals surface area contributed by atoms with E-state index in [1.807, 2.05) is 29.5 Å². The van der Waals surface area contributed by atoms with Crippen LogP contribution in [0.15, 0.2) is 29.2 Å². The summed E-state index contributed by atoms with van der Waals surface area (Å²) in [5.74, 6) is -1.26. The van der Waals surface area contributed by atoms with Crippen molar-refractivity contribution in [2.24, 2.45) is 0 Å². The summed E-state index contributed by atoms with van der Waals surface area (Å²) in [7, 11) is 0. The van der Waals surface area contributed by atoms with Crippen LogP contribution < -0.4 is 5.43 Å². The summed E-state index contributed by atoms with van der Waals surface area (Å²) in [6, 6.07) is 4.78. The third-order valence-corrected chi connectivity index (χ3v) is 4.49. The van der Waals surface area contributed by atoms with Crippen molar-refractivity contribution >= 4 is 51.8 Å². The van der Waals surface area contributed by atoms with Crippen molar-refractivity contribution in [2.45, 2.75) is 13.5 Å². The first-order valence-electron chi connectivity index (χ1n) is 5.98. The van der Waals surface area contributed by atoms with Crippen LogP contribution >= 0.6 is 45.8 Å². The van der Waals surface area contributed by atoms with E-state index in [1.54, 1.807) is 29.0 Å². The fourth-order valence-corrected chi connectivity index (χ4v) is 2.94. The molecule has 0 fully saturated rings. The second-order valence-corrected chi connectivity index (χ2v) is 6.23. The Bertz CT molecular complexity index is 787. The molecule has 1 aromatic carbocycles. The fourth-order valence-electron chi connectivity index (χ4n) is 2.03. The van der Waals surface area contributed by atoms with Gasteiger partial charge in [-0.05, 0) is 41.6 Å². The van der Waals surface area contributed by atoms with Crippen LogP contribution in [0.2, 0.25) is 10.0 Å². The van der Waals surface area contributed by atoms with Gasteiger partial charge in [0.15, 0.2) is 0 Å². The SMILES string of the molecule is CCn1cc(I)c(=O)c(C(=O)O)c1-c1ccc(Cl)c(Cl)c1. The second kappa shape index (κ2) is 6.37. The topological polar surface area (TPSA) is 59.3 Å². The molecule has 1 aromatic heterocycles. The van der Waals surface area contributed by atoms with E-state index in [0.717, 1.165) is 0 Å². The smallest absolute Gasteiger partial charge is 0.341 e. The number of hydrogen-bond acceptors (Lipinski definition) is 2. The number of aromatic nitrogens is 1. The van der Waals surface area contributed by atoms with Gasteiger partial charge < -0.3 is 9.67 Å². The van der Waals surface area contributed by atoms with Crippen LogP contribution in [0.25, 0.3) is 11.3 Å². The van der Waals surface area contributed by atoms with Crippen molar-refractivity contribution in [3.63, 3.8) is 0 Å². The lowest BCUT2D eigenvalue weighted by Crippen LogP contribution is -2.23. The highest BCUT2D eigenvalue weighted by Gasteiger charge is 2.21. The molecule has 0 amide bonds. The summed E-state index contributed by atoms with van der Waals surface area (Å²) < 4.78 is 2.07. The van der Waals surface area contributed by atoms with Gasteiger partial charge in [-0.15, -0.1) is 0 Å². The molecule has 110 valence electrons. The molecule has 0 atom stereocenters. The average Bonchev–Trinajstić information content (AvgIpc) is 2.43. The Morgan fingerprint density at radius 1 is 1.33 bits per heavy atom. The third kappa shape index (κ3) is 3.09. The molecule has 0 unspecified atom stereocenters. The lowest BCUT2D eigenvalue weighted by Gasteiger charge is -2.15. The quantitative estimate of drug-likeness (QED) is 0.734. The first-order chi connectivity index (χ1) is 9.86. The standard InChI is InChI=1S/C14H10Cl2INO3/c1-2-18-6-10(17)13(19)11(14(20)21)12(18)7-3-4-8(15)9(16)5-7/h3-6H,2H2,1H3,(H,20,21). The van der Waals surface area contributed by atoms with Crippen molar-refractivity contribution in [3.05, 3.63) is 53.8 Å². The molecule has 0 radical (unpaired) electrons. The minimum absolute atomic E-state index is 0.262. The number of carboxylic acids is 1. The Morgan fingerprint density at radius 2 is 2.00 bits per heavy atom. The number of nitrogens with zero attached hydrogens (tertiary/aromatic N) is 1. The van der Waals surface area contributed by atoms with Crippen LogP contribution in [0.4, 0.5) is 0 Å². The number of rotatable bonds is 3. The Balaban J connectivity index is 2.89. The van der Waals surface area contributed by atoms with Gasteiger partial charge >= 0.3 is 5.97 Å². The first-order valence-corrected chi connectivity index (χ1v) is 7.82. The van der Waals surface area contributed by atoms with Crippen LogP contribution in [0, 0.1) is 3.57 Å². The van der Waals surface area contributed by atoms with E-state index in [2.05, 4.69) is 0 Å². The molecule has 4 nitrogen and oxygen atoms in total. The van der Waals surface area contributed by atoms with E-state index >= 15 is 0 Å². The Labute approximate surface area is 144 Å². The Morgan fingerprint density at radius 3 is 2.52 bits per heavy atom. The normalized spacial score (nSPS) is 10.7. The monoisotopic (exact) mass is 437 g/mol. The minimum Gasteiger partial charge on any atom is -0.477 e. The molecule has 1 N–H and O–H groups in total. The number of benzene rings is 1. The molecule has 21 heavy (non-hydrogen) atoms. The molecular weight excluding hydrogens is 428 g/mol. The third-order valence-electron chi connectivity index (χ3n) is 2.98. The van der Waals surface area contributed by atoms with Gasteiger partial charge in [0.2, 0.25) is 5.43 Å². The summed E-state index contributed by atoms with van der Waals surface area (Å²) in [4.78, 5) is 23.7. The largest absolute Gasteiger partial charge is 0.477 e. The van der Waals surface area contributed by atoms with Gasteiger partial charge in [0, 0.05) is 18.3 Å². The zero-order valence-electron chi connectivity index (χ0n) is 10.9. The number of pyridine rings is 1. The number of carboxylic acid groups (broad SMARTS) is 1. The number of carbonyl (C=O) groups is 1.